The molecule has 0 saturated heterocycles. The highest BCUT2D eigenvalue weighted by atomic mass is 32.2. The van der Waals surface area contributed by atoms with Crippen LogP contribution in [0.15, 0.2) is 47.4 Å². The van der Waals surface area contributed by atoms with Crippen LogP contribution < -0.4 is 10.1 Å². The van der Waals surface area contributed by atoms with Crippen molar-refractivity contribution >= 4 is 23.5 Å². The molecule has 1 unspecified atom stereocenters. The maximum Gasteiger partial charge on any atom is 0.230 e. The Kier molecular flexibility index (Phi) is 8.02. The lowest BCUT2D eigenvalue weighted by Crippen LogP contribution is -2.35. The molecule has 0 fully saturated rings. The van der Waals surface area contributed by atoms with E-state index in [-0.39, 0.29) is 23.5 Å². The molecule has 0 aliphatic carbocycles. The zero-order valence-corrected chi connectivity index (χ0v) is 17.3. The van der Waals surface area contributed by atoms with Gasteiger partial charge in [0, 0.05) is 17.0 Å². The smallest absolute Gasteiger partial charge is 0.230 e. The Hall–Kier alpha value is -2.38. The summed E-state index contributed by atoms with van der Waals surface area (Å²) in [5, 5.41) is 2.90. The number of hydrogen-bond acceptors (Lipinski definition) is 5. The van der Waals surface area contributed by atoms with Crippen LogP contribution in [-0.2, 0) is 4.79 Å². The van der Waals surface area contributed by atoms with E-state index < -0.39 is 5.82 Å². The van der Waals surface area contributed by atoms with Gasteiger partial charge in [-0.1, -0.05) is 18.2 Å². The summed E-state index contributed by atoms with van der Waals surface area (Å²) in [5.74, 6) is 0.00954. The minimum Gasteiger partial charge on any atom is -0.497 e. The van der Waals surface area contributed by atoms with E-state index >= 15 is 0 Å². The van der Waals surface area contributed by atoms with Crippen molar-refractivity contribution in [1.82, 2.24) is 10.2 Å². The summed E-state index contributed by atoms with van der Waals surface area (Å²) in [6, 6.07) is 12.0. The Morgan fingerprint density at radius 1 is 1.18 bits per heavy atom. The summed E-state index contributed by atoms with van der Waals surface area (Å²) in [6.07, 6.45) is 0. The second-order valence-corrected chi connectivity index (χ2v) is 7.56. The fraction of sp³-hybridized carbons (Fsp3) is 0.333. The van der Waals surface area contributed by atoms with Gasteiger partial charge in [-0.25, -0.2) is 4.39 Å². The first-order valence-corrected chi connectivity index (χ1v) is 9.80. The maximum absolute atomic E-state index is 14.0. The molecule has 0 spiro atoms. The zero-order chi connectivity index (χ0) is 20.7. The van der Waals surface area contributed by atoms with Crippen molar-refractivity contribution in [2.75, 3.05) is 33.5 Å². The summed E-state index contributed by atoms with van der Waals surface area (Å²) >= 11 is 1.11. The number of carbonyl (C=O) groups excluding carboxylic acids is 2. The summed E-state index contributed by atoms with van der Waals surface area (Å²) < 4.78 is 19.2. The lowest BCUT2D eigenvalue weighted by molar-refractivity contribution is -0.118. The van der Waals surface area contributed by atoms with Gasteiger partial charge in [0.25, 0.3) is 0 Å². The van der Waals surface area contributed by atoms with E-state index in [2.05, 4.69) is 5.32 Å². The van der Waals surface area contributed by atoms with Crippen LogP contribution in [0.4, 0.5) is 4.39 Å². The summed E-state index contributed by atoms with van der Waals surface area (Å²) in [4.78, 5) is 25.9. The SMILES string of the molecule is COc1ccc(C(CNC(=O)CSc2ccc(C(C)=O)cc2F)N(C)C)cc1. The quantitative estimate of drug-likeness (QED) is 0.512. The molecule has 7 heteroatoms. The molecular formula is C21H25FN2O3S. The van der Waals surface area contributed by atoms with E-state index in [0.717, 1.165) is 23.1 Å². The largest absolute Gasteiger partial charge is 0.497 e. The number of rotatable bonds is 9. The molecule has 2 aromatic carbocycles. The highest BCUT2D eigenvalue weighted by Gasteiger charge is 2.16. The third kappa shape index (κ3) is 6.07. The predicted octanol–water partition coefficient (Wildman–Crippen LogP) is 3.55. The van der Waals surface area contributed by atoms with Gasteiger partial charge in [0.2, 0.25) is 5.91 Å². The number of likely N-dealkylation sites (N-methyl/N-ethyl adjacent to an activating group) is 1. The number of amides is 1. The minimum absolute atomic E-state index is 0.00597. The van der Waals surface area contributed by atoms with E-state index in [9.17, 15) is 14.0 Å². The molecule has 1 atom stereocenters. The van der Waals surface area contributed by atoms with Gasteiger partial charge < -0.3 is 15.0 Å². The van der Waals surface area contributed by atoms with Crippen LogP contribution in [0.3, 0.4) is 0 Å². The average Bonchev–Trinajstić information content (AvgIpc) is 2.67. The normalized spacial score (nSPS) is 11.9. The molecule has 0 radical (unpaired) electrons. The summed E-state index contributed by atoms with van der Waals surface area (Å²) in [6.45, 7) is 1.82. The molecule has 1 amide bonds. The fourth-order valence-electron chi connectivity index (χ4n) is 2.67. The molecule has 0 heterocycles. The van der Waals surface area contributed by atoms with Crippen LogP contribution in [0.25, 0.3) is 0 Å². The number of Topliss-reactive ketones (excluding diaryl/α,β-unsaturated/α-hetero) is 1. The fourth-order valence-corrected chi connectivity index (χ4v) is 3.42. The molecule has 2 aromatic rings. The highest BCUT2D eigenvalue weighted by molar-refractivity contribution is 8.00. The summed E-state index contributed by atoms with van der Waals surface area (Å²) in [7, 11) is 5.51. The zero-order valence-electron chi connectivity index (χ0n) is 16.5. The van der Waals surface area contributed by atoms with Crippen LogP contribution >= 0.6 is 11.8 Å². The van der Waals surface area contributed by atoms with Crippen molar-refractivity contribution in [1.29, 1.82) is 0 Å². The lowest BCUT2D eigenvalue weighted by atomic mass is 10.1. The summed E-state index contributed by atoms with van der Waals surface area (Å²) in [5.41, 5.74) is 1.38. The Bertz CT molecular complexity index is 825. The van der Waals surface area contributed by atoms with E-state index in [1.165, 1.54) is 19.1 Å². The molecule has 1 N–H and O–H groups in total. The number of carbonyl (C=O) groups is 2. The van der Waals surface area contributed by atoms with Crippen molar-refractivity contribution < 1.29 is 18.7 Å². The van der Waals surface area contributed by atoms with Gasteiger partial charge in [0.05, 0.1) is 18.9 Å². The van der Waals surface area contributed by atoms with Crippen LogP contribution in [0, 0.1) is 5.82 Å². The second kappa shape index (κ2) is 10.2. The number of nitrogens with zero attached hydrogens (tertiary/aromatic N) is 1. The van der Waals surface area contributed by atoms with Crippen molar-refractivity contribution in [2.45, 2.75) is 17.9 Å². The minimum atomic E-state index is -0.491. The first kappa shape index (κ1) is 21.9. The monoisotopic (exact) mass is 404 g/mol. The van der Waals surface area contributed by atoms with E-state index in [1.807, 2.05) is 43.3 Å². The third-order valence-electron chi connectivity index (χ3n) is 4.31. The predicted molar refractivity (Wildman–Crippen MR) is 110 cm³/mol. The van der Waals surface area contributed by atoms with Crippen LogP contribution in [0.1, 0.15) is 28.9 Å². The molecule has 0 aliphatic heterocycles. The number of methoxy groups -OCH3 is 1. The van der Waals surface area contributed by atoms with Crippen LogP contribution in [0.2, 0.25) is 0 Å². The number of hydrogen-bond donors (Lipinski definition) is 1. The van der Waals surface area contributed by atoms with Crippen molar-refractivity contribution in [2.24, 2.45) is 0 Å². The number of thioether (sulfide) groups is 1. The standard InChI is InChI=1S/C21H25FN2O3S/c1-14(25)16-7-10-20(18(22)11-16)28-13-21(26)23-12-19(24(2)3)15-5-8-17(27-4)9-6-15/h5-11,19H,12-13H2,1-4H3,(H,23,26). The van der Waals surface area contributed by atoms with Crippen molar-refractivity contribution in [3.05, 3.63) is 59.4 Å². The average molecular weight is 405 g/mol. The van der Waals surface area contributed by atoms with Crippen molar-refractivity contribution in [3.8, 4) is 5.75 Å². The Labute approximate surface area is 169 Å². The topological polar surface area (TPSA) is 58.6 Å². The lowest BCUT2D eigenvalue weighted by Gasteiger charge is -2.25. The van der Waals surface area contributed by atoms with E-state index in [0.29, 0.717) is 17.0 Å². The molecule has 0 aromatic heterocycles. The molecule has 0 aliphatic rings. The molecule has 5 nitrogen and oxygen atoms in total. The number of benzene rings is 2. The molecule has 150 valence electrons. The first-order chi connectivity index (χ1) is 13.3. The molecule has 0 saturated carbocycles. The van der Waals surface area contributed by atoms with Gasteiger partial charge in [-0.15, -0.1) is 11.8 Å². The number of nitrogens with one attached hydrogen (secondary N) is 1. The van der Waals surface area contributed by atoms with Gasteiger partial charge in [-0.3, -0.25) is 9.59 Å². The molecular weight excluding hydrogens is 379 g/mol. The number of ketones is 1. The van der Waals surface area contributed by atoms with Gasteiger partial charge in [-0.05, 0) is 50.8 Å². The number of halogens is 1. The molecule has 0 bridgehead atoms. The van der Waals surface area contributed by atoms with Crippen LogP contribution in [0.5, 0.6) is 5.75 Å². The van der Waals surface area contributed by atoms with Gasteiger partial charge in [0.15, 0.2) is 5.78 Å². The molecule has 2 rings (SSSR count). The van der Waals surface area contributed by atoms with Crippen molar-refractivity contribution in [3.63, 3.8) is 0 Å². The van der Waals surface area contributed by atoms with Gasteiger partial charge >= 0.3 is 0 Å². The first-order valence-electron chi connectivity index (χ1n) is 8.82. The molecule has 28 heavy (non-hydrogen) atoms. The Balaban J connectivity index is 1.91. The number of ether oxygens (including phenoxy) is 1. The van der Waals surface area contributed by atoms with E-state index in [4.69, 9.17) is 4.74 Å². The van der Waals surface area contributed by atoms with Gasteiger partial charge in [-0.2, -0.15) is 0 Å². The van der Waals surface area contributed by atoms with Crippen LogP contribution in [-0.4, -0.2) is 50.1 Å². The second-order valence-electron chi connectivity index (χ2n) is 6.55. The maximum atomic E-state index is 14.0. The van der Waals surface area contributed by atoms with E-state index in [1.54, 1.807) is 13.2 Å². The Morgan fingerprint density at radius 2 is 1.86 bits per heavy atom. The van der Waals surface area contributed by atoms with Gasteiger partial charge in [0.1, 0.15) is 11.6 Å². The Morgan fingerprint density at radius 3 is 2.39 bits per heavy atom. The third-order valence-corrected chi connectivity index (χ3v) is 5.36. The highest BCUT2D eigenvalue weighted by Crippen LogP contribution is 2.23.